The van der Waals surface area contributed by atoms with E-state index in [1.807, 2.05) is 47.8 Å². The second kappa shape index (κ2) is 7.46. The average molecular weight is 366 g/mol. The van der Waals surface area contributed by atoms with Gasteiger partial charge in [0.15, 0.2) is 0 Å². The van der Waals surface area contributed by atoms with E-state index in [0.717, 1.165) is 29.1 Å². The Morgan fingerprint density at radius 3 is 2.62 bits per heavy atom. The first-order chi connectivity index (χ1) is 12.7. The Kier molecular flexibility index (Phi) is 4.89. The molecule has 0 bridgehead atoms. The summed E-state index contributed by atoms with van der Waals surface area (Å²) in [5, 5.41) is 9.98. The highest BCUT2D eigenvalue weighted by molar-refractivity contribution is 7.13. The van der Waals surface area contributed by atoms with Crippen molar-refractivity contribution >= 4 is 17.2 Å². The molecule has 26 heavy (non-hydrogen) atoms. The second-order valence-electron chi connectivity index (χ2n) is 6.95. The first-order valence-corrected chi connectivity index (χ1v) is 10.1. The Morgan fingerprint density at radius 2 is 1.92 bits per heavy atom. The summed E-state index contributed by atoms with van der Waals surface area (Å²) in [6.07, 6.45) is 5.81. The number of aryl methyl sites for hydroxylation is 1. The van der Waals surface area contributed by atoms with Gasteiger partial charge in [-0.3, -0.25) is 4.79 Å². The molecule has 0 radical (unpaired) electrons. The highest BCUT2D eigenvalue weighted by atomic mass is 32.1. The van der Waals surface area contributed by atoms with Gasteiger partial charge < -0.3 is 5.32 Å². The van der Waals surface area contributed by atoms with Crippen LogP contribution < -0.4 is 5.32 Å². The number of amides is 1. The largest absolute Gasteiger partial charge is 0.348 e. The van der Waals surface area contributed by atoms with Crippen LogP contribution in [0.2, 0.25) is 0 Å². The Morgan fingerprint density at radius 1 is 1.15 bits per heavy atom. The van der Waals surface area contributed by atoms with Crippen molar-refractivity contribution in [3.63, 3.8) is 0 Å². The van der Waals surface area contributed by atoms with Crippen molar-refractivity contribution < 1.29 is 4.79 Å². The molecule has 2 aromatic heterocycles. The monoisotopic (exact) mass is 365 g/mol. The Balaban J connectivity index is 1.69. The van der Waals surface area contributed by atoms with Crippen molar-refractivity contribution in [3.8, 4) is 16.3 Å². The maximum Gasteiger partial charge on any atom is 0.270 e. The number of aromatic nitrogens is 2. The molecule has 2 heterocycles. The van der Waals surface area contributed by atoms with Gasteiger partial charge in [-0.05, 0) is 49.4 Å². The van der Waals surface area contributed by atoms with Gasteiger partial charge in [0, 0.05) is 6.04 Å². The van der Waals surface area contributed by atoms with Crippen molar-refractivity contribution in [2.45, 2.75) is 45.1 Å². The summed E-state index contributed by atoms with van der Waals surface area (Å²) >= 11 is 1.64. The molecule has 4 nitrogen and oxygen atoms in total. The van der Waals surface area contributed by atoms with Gasteiger partial charge in [-0.2, -0.15) is 5.10 Å². The van der Waals surface area contributed by atoms with Crippen LogP contribution in [0.4, 0.5) is 0 Å². The Hall–Kier alpha value is -2.40. The number of rotatable bonds is 4. The van der Waals surface area contributed by atoms with E-state index in [0.29, 0.717) is 5.69 Å². The predicted molar refractivity (Wildman–Crippen MR) is 106 cm³/mol. The van der Waals surface area contributed by atoms with Gasteiger partial charge in [-0.25, -0.2) is 4.68 Å². The van der Waals surface area contributed by atoms with E-state index in [2.05, 4.69) is 12.2 Å². The van der Waals surface area contributed by atoms with Crippen LogP contribution in [0.1, 0.15) is 48.2 Å². The lowest BCUT2D eigenvalue weighted by Crippen LogP contribution is -2.37. The second-order valence-corrected chi connectivity index (χ2v) is 7.90. The Bertz CT molecular complexity index is 875. The number of carbonyl (C=O) groups is 1. The molecule has 1 saturated carbocycles. The molecule has 1 amide bonds. The fraction of sp³-hybridized carbons (Fsp3) is 0.333. The van der Waals surface area contributed by atoms with Gasteiger partial charge in [0.1, 0.15) is 11.4 Å². The lowest BCUT2D eigenvalue weighted by atomic mass is 9.95. The van der Waals surface area contributed by atoms with Gasteiger partial charge in [-0.15, -0.1) is 11.3 Å². The number of hydrogen-bond acceptors (Lipinski definition) is 3. The van der Waals surface area contributed by atoms with Crippen LogP contribution in [0.3, 0.4) is 0 Å². The first-order valence-electron chi connectivity index (χ1n) is 9.22. The fourth-order valence-corrected chi connectivity index (χ4v) is 4.16. The Labute approximate surface area is 157 Å². The molecule has 1 N–H and O–H groups in total. The van der Waals surface area contributed by atoms with E-state index in [4.69, 9.17) is 5.10 Å². The normalized spacial score (nSPS) is 15.1. The molecule has 134 valence electrons. The van der Waals surface area contributed by atoms with Crippen LogP contribution in [0, 0.1) is 6.92 Å². The minimum atomic E-state index is -0.0345. The van der Waals surface area contributed by atoms with Gasteiger partial charge >= 0.3 is 0 Å². The fourth-order valence-electron chi connectivity index (χ4n) is 3.48. The third-order valence-electron chi connectivity index (χ3n) is 4.93. The number of nitrogens with zero attached hydrogens (tertiary/aromatic N) is 2. The predicted octanol–water partition coefficient (Wildman–Crippen LogP) is 4.97. The highest BCUT2D eigenvalue weighted by Gasteiger charge is 2.22. The van der Waals surface area contributed by atoms with Gasteiger partial charge in [0.05, 0.1) is 10.6 Å². The molecule has 5 heteroatoms. The summed E-state index contributed by atoms with van der Waals surface area (Å²) in [5.41, 5.74) is 3.54. The maximum absolute atomic E-state index is 13.0. The molecule has 0 aliphatic heterocycles. The number of hydrogen-bond donors (Lipinski definition) is 1. The van der Waals surface area contributed by atoms with Crippen LogP contribution >= 0.6 is 11.3 Å². The van der Waals surface area contributed by atoms with Gasteiger partial charge in [-0.1, -0.05) is 43.0 Å². The zero-order valence-electron chi connectivity index (χ0n) is 14.9. The molecular weight excluding hydrogens is 342 g/mol. The smallest absolute Gasteiger partial charge is 0.270 e. The summed E-state index contributed by atoms with van der Waals surface area (Å²) in [6, 6.07) is 14.3. The van der Waals surface area contributed by atoms with Crippen molar-refractivity contribution in [2.75, 3.05) is 0 Å². The van der Waals surface area contributed by atoms with Crippen molar-refractivity contribution in [3.05, 3.63) is 59.1 Å². The lowest BCUT2D eigenvalue weighted by Gasteiger charge is -2.22. The minimum Gasteiger partial charge on any atom is -0.348 e. The molecule has 1 fully saturated rings. The van der Waals surface area contributed by atoms with E-state index >= 15 is 0 Å². The zero-order valence-corrected chi connectivity index (χ0v) is 15.8. The van der Waals surface area contributed by atoms with Crippen molar-refractivity contribution in [1.82, 2.24) is 15.1 Å². The average Bonchev–Trinajstić information content (AvgIpc) is 3.33. The minimum absolute atomic E-state index is 0.0345. The molecule has 0 atom stereocenters. The van der Waals surface area contributed by atoms with Crippen molar-refractivity contribution in [1.29, 1.82) is 0 Å². The summed E-state index contributed by atoms with van der Waals surface area (Å²) < 4.78 is 1.77. The molecule has 0 saturated heterocycles. The topological polar surface area (TPSA) is 46.9 Å². The first kappa shape index (κ1) is 17.0. The number of carbonyl (C=O) groups excluding carboxylic acids is 1. The molecule has 0 spiro atoms. The number of nitrogens with one attached hydrogen (secondary N) is 1. The summed E-state index contributed by atoms with van der Waals surface area (Å²) in [4.78, 5) is 14.1. The molecule has 1 aliphatic rings. The summed E-state index contributed by atoms with van der Waals surface area (Å²) in [7, 11) is 0. The third kappa shape index (κ3) is 3.58. The van der Waals surface area contributed by atoms with Gasteiger partial charge in [0.2, 0.25) is 0 Å². The van der Waals surface area contributed by atoms with Crippen molar-refractivity contribution in [2.24, 2.45) is 0 Å². The molecular formula is C21H23N3OS. The molecule has 3 aromatic rings. The van der Waals surface area contributed by atoms with Gasteiger partial charge in [0.25, 0.3) is 5.91 Å². The number of thiophene rings is 1. The molecule has 1 aromatic carbocycles. The van der Waals surface area contributed by atoms with E-state index in [1.54, 1.807) is 16.0 Å². The highest BCUT2D eigenvalue weighted by Crippen LogP contribution is 2.26. The third-order valence-corrected chi connectivity index (χ3v) is 5.83. The van der Waals surface area contributed by atoms with E-state index < -0.39 is 0 Å². The zero-order chi connectivity index (χ0) is 17.9. The summed E-state index contributed by atoms with van der Waals surface area (Å²) in [5.74, 6) is -0.0345. The maximum atomic E-state index is 13.0. The van der Waals surface area contributed by atoms with Crippen LogP contribution in [-0.4, -0.2) is 21.7 Å². The molecule has 0 unspecified atom stereocenters. The number of benzene rings is 1. The summed E-state index contributed by atoms with van der Waals surface area (Å²) in [6.45, 7) is 2.06. The van der Waals surface area contributed by atoms with Crippen LogP contribution in [0.5, 0.6) is 0 Å². The molecule has 1 aliphatic carbocycles. The van der Waals surface area contributed by atoms with E-state index in [9.17, 15) is 4.79 Å². The van der Waals surface area contributed by atoms with E-state index in [-0.39, 0.29) is 11.9 Å². The molecule has 4 rings (SSSR count). The quantitative estimate of drug-likeness (QED) is 0.709. The van der Waals surface area contributed by atoms with Crippen LogP contribution in [0.25, 0.3) is 16.3 Å². The standard InChI is InChI=1S/C21H23N3OS/c1-15-9-11-17(12-10-15)24-19(14-18(23-24)20-8-5-13-26-20)21(25)22-16-6-3-2-4-7-16/h5,8-14,16H,2-4,6-7H2,1H3,(H,22,25). The lowest BCUT2D eigenvalue weighted by molar-refractivity contribution is 0.0920. The van der Waals surface area contributed by atoms with E-state index in [1.165, 1.54) is 24.8 Å². The van der Waals surface area contributed by atoms with Crippen LogP contribution in [0.15, 0.2) is 47.8 Å². The van der Waals surface area contributed by atoms with Crippen LogP contribution in [-0.2, 0) is 0 Å². The SMILES string of the molecule is Cc1ccc(-n2nc(-c3cccs3)cc2C(=O)NC2CCCCC2)cc1.